The molecule has 0 aromatic carbocycles. The molecule has 0 N–H and O–H groups in total. The van der Waals surface area contributed by atoms with Crippen molar-refractivity contribution in [3.05, 3.63) is 39.4 Å². The average Bonchev–Trinajstić information content (AvgIpc) is 2.33. The second-order valence-corrected chi connectivity index (χ2v) is 0. The van der Waals surface area contributed by atoms with Crippen molar-refractivity contribution < 1.29 is 33.6 Å². The van der Waals surface area contributed by atoms with Crippen LogP contribution in [0, 0.1) is 71.0 Å². The first-order chi connectivity index (χ1) is 6.00. The maximum Gasteiger partial charge on any atom is 2.00 e. The maximum atomic E-state index is 6.25. The second kappa shape index (κ2) is 259. The van der Waals surface area contributed by atoms with Crippen LogP contribution in [0.3, 0.4) is 0 Å². The average molecular weight is 274 g/mol. The molecule has 6 nitrogen and oxygen atoms in total. The van der Waals surface area contributed by atoms with E-state index in [0.29, 0.717) is 0 Å². The van der Waals surface area contributed by atoms with Crippen molar-refractivity contribution in [3.8, 4) is 0 Å². The van der Waals surface area contributed by atoms with Gasteiger partial charge in [0.05, 0.1) is 0 Å². The van der Waals surface area contributed by atoms with Gasteiger partial charge in [0.2, 0.25) is 0 Å². The van der Waals surface area contributed by atoms with Crippen molar-refractivity contribution in [3.63, 3.8) is 0 Å². The maximum absolute atomic E-state index is 6.25. The topological polar surface area (TPSA) is 143 Å². The summed E-state index contributed by atoms with van der Waals surface area (Å²) in [7, 11) is 0. The summed E-state index contributed by atoms with van der Waals surface area (Å²) in [5.41, 5.74) is 0. The summed E-state index contributed by atoms with van der Waals surface area (Å²) < 4.78 is 0. The summed E-state index contributed by atoms with van der Waals surface area (Å²) in [4.78, 5) is 0. The fraction of sp³-hybridized carbons (Fsp3) is 0. The smallest absolute Gasteiger partial charge is 0.512 e. The first-order valence-electron chi connectivity index (χ1n) is 1.34. The van der Waals surface area contributed by atoms with Crippen LogP contribution in [0.25, 0.3) is 0 Å². The zero-order valence-electron chi connectivity index (χ0n) is 6.35. The Morgan fingerprint density at radius 3 is 0.357 bits per heavy atom. The van der Waals surface area contributed by atoms with Crippen molar-refractivity contribution in [2.75, 3.05) is 0 Å². The molecule has 2 radical (unpaired) electrons. The van der Waals surface area contributed by atoms with Gasteiger partial charge >= 0.3 is 16.8 Å². The molecule has 0 aliphatic rings. The van der Waals surface area contributed by atoms with Gasteiger partial charge in [-0.3, -0.25) is 0 Å². The number of hydrogen-bond acceptors (Lipinski definition) is 6. The molecule has 0 aliphatic heterocycles. The summed E-state index contributed by atoms with van der Waals surface area (Å²) in [6.07, 6.45) is 0. The van der Waals surface area contributed by atoms with Crippen LogP contribution in [0.4, 0.5) is 0 Å². The van der Waals surface area contributed by atoms with E-state index in [4.69, 9.17) is 71.0 Å². The van der Waals surface area contributed by atoms with E-state index < -0.39 is 0 Å². The van der Waals surface area contributed by atoms with Crippen LogP contribution in [0.15, 0.2) is 0 Å². The summed E-state index contributed by atoms with van der Waals surface area (Å²) in [6, 6.07) is 0. The molecule has 0 atom stereocenters. The predicted octanol–water partition coefficient (Wildman–Crippen LogP) is 0.573. The van der Waals surface area contributed by atoms with Gasteiger partial charge in [0.25, 0.3) is 0 Å². The van der Waals surface area contributed by atoms with Gasteiger partial charge in [-0.05, 0) is 0 Å². The third-order valence-corrected chi connectivity index (χ3v) is 0. The zero-order chi connectivity index (χ0) is 12.0. The second-order valence-electron chi connectivity index (χ2n) is 0. The van der Waals surface area contributed by atoms with E-state index in [2.05, 4.69) is 0 Å². The predicted molar refractivity (Wildman–Crippen MR) is 29.8 cm³/mol. The molecule has 0 aromatic heterocycles. The SMILES string of the molecule is [C-]#N.[C-]#N.[C-]#N.[C-]#N.[C-]#N.[C-]#N.[Co+2].[Co]. The summed E-state index contributed by atoms with van der Waals surface area (Å²) in [6.45, 7) is 28.5. The first-order valence-corrected chi connectivity index (χ1v) is 1.34. The van der Waals surface area contributed by atoms with Gasteiger partial charge in [0.1, 0.15) is 0 Å². The summed E-state index contributed by atoms with van der Waals surface area (Å²) >= 11 is 0. The molecule has 0 fully saturated rings. The van der Waals surface area contributed by atoms with Gasteiger partial charge < -0.3 is 71.0 Å². The Bertz CT molecular complexity index is 95.3. The molecule has 0 bridgehead atoms. The number of hydrogen-bond donors (Lipinski definition) is 0. The molecular weight excluding hydrogens is 274 g/mol. The van der Waals surface area contributed by atoms with Crippen LogP contribution in [0.2, 0.25) is 0 Å². The van der Waals surface area contributed by atoms with Gasteiger partial charge in [-0.15, -0.1) is 0 Å². The Hall–Kier alpha value is -2.05. The molecule has 0 rings (SSSR count). The largest absolute Gasteiger partial charge is 2.00 e. The third-order valence-electron chi connectivity index (χ3n) is 0. The Balaban J connectivity index is -0.00000000500. The van der Waals surface area contributed by atoms with Crippen molar-refractivity contribution in [2.24, 2.45) is 0 Å². The molecule has 0 heterocycles. The monoisotopic (exact) mass is 274 g/mol. The van der Waals surface area contributed by atoms with E-state index in [1.165, 1.54) is 0 Å². The Morgan fingerprint density at radius 1 is 0.357 bits per heavy atom. The summed E-state index contributed by atoms with van der Waals surface area (Å²) in [5.74, 6) is 0. The van der Waals surface area contributed by atoms with E-state index in [-0.39, 0.29) is 33.6 Å². The van der Waals surface area contributed by atoms with Gasteiger partial charge in [0, 0.05) is 16.8 Å². The number of nitrogens with zero attached hydrogens (tertiary/aromatic N) is 6. The van der Waals surface area contributed by atoms with Crippen LogP contribution in [-0.4, -0.2) is 0 Å². The Kier molecular flexibility index (Phi) is 1700. The molecule has 0 unspecified atom stereocenters. The van der Waals surface area contributed by atoms with Crippen molar-refractivity contribution in [1.29, 1.82) is 31.6 Å². The van der Waals surface area contributed by atoms with E-state index in [9.17, 15) is 0 Å². The molecular formula is C6Co2N6-4. The van der Waals surface area contributed by atoms with E-state index in [0.717, 1.165) is 0 Å². The van der Waals surface area contributed by atoms with E-state index in [1.54, 1.807) is 0 Å². The fourth-order valence-electron chi connectivity index (χ4n) is 0. The van der Waals surface area contributed by atoms with Crippen molar-refractivity contribution >= 4 is 0 Å². The molecule has 0 aromatic rings. The zero-order valence-corrected chi connectivity index (χ0v) is 8.43. The van der Waals surface area contributed by atoms with Crippen LogP contribution < -0.4 is 0 Å². The third kappa shape index (κ3) is 190. The van der Waals surface area contributed by atoms with Crippen LogP contribution in [0.5, 0.6) is 0 Å². The fourth-order valence-corrected chi connectivity index (χ4v) is 0. The Labute approximate surface area is 105 Å². The Morgan fingerprint density at radius 2 is 0.357 bits per heavy atom. The molecule has 0 amide bonds. The van der Waals surface area contributed by atoms with Crippen LogP contribution >= 0.6 is 0 Å². The van der Waals surface area contributed by atoms with E-state index >= 15 is 0 Å². The molecule has 0 saturated heterocycles. The van der Waals surface area contributed by atoms with Crippen molar-refractivity contribution in [2.45, 2.75) is 0 Å². The molecule has 0 aliphatic carbocycles. The summed E-state index contributed by atoms with van der Waals surface area (Å²) in [5, 5.41) is 37.5. The van der Waals surface area contributed by atoms with Gasteiger partial charge in [-0.1, -0.05) is 0 Å². The van der Waals surface area contributed by atoms with Gasteiger partial charge in [0.15, 0.2) is 0 Å². The molecule has 14 heavy (non-hydrogen) atoms. The van der Waals surface area contributed by atoms with Crippen molar-refractivity contribution in [1.82, 2.24) is 0 Å². The minimum Gasteiger partial charge on any atom is -0.512 e. The minimum absolute atomic E-state index is 0. The minimum atomic E-state index is 0. The molecule has 8 heteroatoms. The normalized spacial score (nSPS) is 0.857. The van der Waals surface area contributed by atoms with Gasteiger partial charge in [-0.2, -0.15) is 0 Å². The van der Waals surface area contributed by atoms with Crippen LogP contribution in [-0.2, 0) is 33.6 Å². The molecule has 0 saturated carbocycles. The standard InChI is InChI=1S/6CN.2Co/c6*1-2;;/q6*-1;;+2. The first kappa shape index (κ1) is 91.8. The van der Waals surface area contributed by atoms with Gasteiger partial charge in [-0.25, -0.2) is 0 Å². The quantitative estimate of drug-likeness (QED) is 0.590. The molecule has 76 valence electrons. The molecule has 0 spiro atoms. The van der Waals surface area contributed by atoms with Crippen LogP contribution in [0.1, 0.15) is 0 Å². The van der Waals surface area contributed by atoms with E-state index in [1.807, 2.05) is 0 Å². The number of rotatable bonds is 0.